The minimum Gasteiger partial charge on any atom is -0.485 e. The molecule has 1 aliphatic rings. The first-order chi connectivity index (χ1) is 9.74. The molecule has 0 radical (unpaired) electrons. The summed E-state index contributed by atoms with van der Waals surface area (Å²) in [6.45, 7) is 1.12. The number of hydrogen-bond acceptors (Lipinski definition) is 4. The van der Waals surface area contributed by atoms with Gasteiger partial charge in [0.25, 0.3) is 0 Å². The Labute approximate surface area is 122 Å². The number of nitrogens with one attached hydrogen (secondary N) is 1. The molecule has 106 valence electrons. The lowest BCUT2D eigenvalue weighted by Crippen LogP contribution is -2.16. The van der Waals surface area contributed by atoms with E-state index in [1.165, 1.54) is 19.2 Å². The van der Waals surface area contributed by atoms with E-state index < -0.39 is 0 Å². The zero-order valence-electron chi connectivity index (χ0n) is 11.3. The molecule has 1 aromatic carbocycles. The maximum absolute atomic E-state index is 6.27. The maximum Gasteiger partial charge on any atom is 0.164 e. The van der Waals surface area contributed by atoms with E-state index in [2.05, 4.69) is 15.4 Å². The minimum absolute atomic E-state index is 0.382. The molecule has 0 spiro atoms. The topological polar surface area (TPSA) is 52.0 Å². The first-order valence-corrected chi connectivity index (χ1v) is 7.08. The summed E-state index contributed by atoms with van der Waals surface area (Å²) >= 11 is 6.27. The van der Waals surface area contributed by atoms with Crippen molar-refractivity contribution in [2.45, 2.75) is 32.0 Å². The summed E-state index contributed by atoms with van der Waals surface area (Å²) in [6, 6.07) is 6.36. The molecular weight excluding hydrogens is 276 g/mol. The van der Waals surface area contributed by atoms with Gasteiger partial charge in [-0.3, -0.25) is 4.68 Å². The molecule has 2 aromatic rings. The van der Waals surface area contributed by atoms with Gasteiger partial charge in [0.05, 0.1) is 0 Å². The lowest BCUT2D eigenvalue weighted by atomic mass is 10.2. The molecule has 3 rings (SSSR count). The van der Waals surface area contributed by atoms with Gasteiger partial charge < -0.3 is 10.1 Å². The third-order valence-corrected chi connectivity index (χ3v) is 3.74. The predicted molar refractivity (Wildman–Crippen MR) is 76.6 cm³/mol. The SMILES string of the molecule is Cn1ncnc1COc1cccc(Cl)c1CNC1CC1. The second-order valence-electron chi connectivity index (χ2n) is 4.96. The molecule has 0 unspecified atom stereocenters. The number of ether oxygens (including phenoxy) is 1. The van der Waals surface area contributed by atoms with E-state index in [1.54, 1.807) is 4.68 Å². The second-order valence-corrected chi connectivity index (χ2v) is 5.37. The Morgan fingerprint density at radius 2 is 2.30 bits per heavy atom. The van der Waals surface area contributed by atoms with Crippen molar-refractivity contribution in [2.75, 3.05) is 0 Å². The lowest BCUT2D eigenvalue weighted by Gasteiger charge is -2.13. The van der Waals surface area contributed by atoms with Crippen molar-refractivity contribution in [2.24, 2.45) is 7.05 Å². The van der Waals surface area contributed by atoms with Crippen molar-refractivity contribution in [3.63, 3.8) is 0 Å². The summed E-state index contributed by atoms with van der Waals surface area (Å²) < 4.78 is 7.55. The summed E-state index contributed by atoms with van der Waals surface area (Å²) in [5.74, 6) is 1.58. The Balaban J connectivity index is 1.70. The van der Waals surface area contributed by atoms with Crippen LogP contribution in [0.3, 0.4) is 0 Å². The average molecular weight is 293 g/mol. The van der Waals surface area contributed by atoms with Gasteiger partial charge in [0.1, 0.15) is 18.7 Å². The van der Waals surface area contributed by atoms with Crippen molar-refractivity contribution in [3.8, 4) is 5.75 Å². The average Bonchev–Trinajstić information content (AvgIpc) is 3.17. The van der Waals surface area contributed by atoms with Crippen LogP contribution in [0.25, 0.3) is 0 Å². The normalized spacial score (nSPS) is 14.5. The van der Waals surface area contributed by atoms with Gasteiger partial charge in [-0.25, -0.2) is 4.98 Å². The largest absolute Gasteiger partial charge is 0.485 e. The van der Waals surface area contributed by atoms with Gasteiger partial charge in [0.2, 0.25) is 0 Å². The van der Waals surface area contributed by atoms with Crippen LogP contribution in [0.4, 0.5) is 0 Å². The summed E-state index contributed by atoms with van der Waals surface area (Å²) in [5, 5.41) is 8.22. The van der Waals surface area contributed by atoms with Crippen LogP contribution in [0.5, 0.6) is 5.75 Å². The summed E-state index contributed by atoms with van der Waals surface area (Å²) in [7, 11) is 1.85. The first-order valence-electron chi connectivity index (χ1n) is 6.70. The molecule has 0 amide bonds. The summed E-state index contributed by atoms with van der Waals surface area (Å²) in [6.07, 6.45) is 4.02. The van der Waals surface area contributed by atoms with E-state index in [1.807, 2.05) is 25.2 Å². The Hall–Kier alpha value is -1.59. The van der Waals surface area contributed by atoms with Crippen LogP contribution in [-0.2, 0) is 20.2 Å². The highest BCUT2D eigenvalue weighted by Crippen LogP contribution is 2.28. The monoisotopic (exact) mass is 292 g/mol. The number of nitrogens with zero attached hydrogens (tertiary/aromatic N) is 3. The van der Waals surface area contributed by atoms with Crippen molar-refractivity contribution in [1.29, 1.82) is 0 Å². The number of benzene rings is 1. The Morgan fingerprint density at radius 1 is 1.45 bits per heavy atom. The highest BCUT2D eigenvalue weighted by atomic mass is 35.5. The molecule has 6 heteroatoms. The third-order valence-electron chi connectivity index (χ3n) is 3.38. The third kappa shape index (κ3) is 3.11. The van der Waals surface area contributed by atoms with Crippen LogP contribution in [0.2, 0.25) is 5.02 Å². The van der Waals surface area contributed by atoms with Crippen molar-refractivity contribution in [1.82, 2.24) is 20.1 Å². The van der Waals surface area contributed by atoms with Crippen molar-refractivity contribution >= 4 is 11.6 Å². The van der Waals surface area contributed by atoms with Gasteiger partial charge in [0.15, 0.2) is 5.82 Å². The molecule has 1 aliphatic carbocycles. The van der Waals surface area contributed by atoms with Crippen molar-refractivity contribution in [3.05, 3.63) is 40.9 Å². The molecule has 1 saturated carbocycles. The van der Waals surface area contributed by atoms with E-state index in [0.717, 1.165) is 28.7 Å². The highest BCUT2D eigenvalue weighted by molar-refractivity contribution is 6.31. The smallest absolute Gasteiger partial charge is 0.164 e. The zero-order valence-corrected chi connectivity index (χ0v) is 12.1. The maximum atomic E-state index is 6.27. The van der Waals surface area contributed by atoms with E-state index in [-0.39, 0.29) is 0 Å². The second kappa shape index (κ2) is 5.81. The van der Waals surface area contributed by atoms with Crippen LogP contribution in [-0.4, -0.2) is 20.8 Å². The molecular formula is C14H17ClN4O. The molecule has 1 N–H and O–H groups in total. The number of halogens is 1. The number of rotatable bonds is 6. The lowest BCUT2D eigenvalue weighted by molar-refractivity contribution is 0.286. The fourth-order valence-electron chi connectivity index (χ4n) is 1.97. The highest BCUT2D eigenvalue weighted by Gasteiger charge is 2.21. The van der Waals surface area contributed by atoms with Crippen molar-refractivity contribution < 1.29 is 4.74 Å². The van der Waals surface area contributed by atoms with Gasteiger partial charge in [-0.05, 0) is 25.0 Å². The Kier molecular flexibility index (Phi) is 3.89. The molecule has 0 atom stereocenters. The van der Waals surface area contributed by atoms with Gasteiger partial charge in [-0.2, -0.15) is 5.10 Å². The minimum atomic E-state index is 0.382. The molecule has 0 saturated heterocycles. The van der Waals surface area contributed by atoms with Crippen LogP contribution in [0.15, 0.2) is 24.5 Å². The number of aromatic nitrogens is 3. The number of aryl methyl sites for hydroxylation is 1. The van der Waals surface area contributed by atoms with E-state index in [4.69, 9.17) is 16.3 Å². The summed E-state index contributed by atoms with van der Waals surface area (Å²) in [4.78, 5) is 4.15. The Morgan fingerprint density at radius 3 is 3.00 bits per heavy atom. The van der Waals surface area contributed by atoms with E-state index in [9.17, 15) is 0 Å². The molecule has 1 aromatic heterocycles. The zero-order chi connectivity index (χ0) is 13.9. The van der Waals surface area contributed by atoms with Gasteiger partial charge in [-0.1, -0.05) is 17.7 Å². The quantitative estimate of drug-likeness (QED) is 0.887. The van der Waals surface area contributed by atoms with Crippen LogP contribution >= 0.6 is 11.6 Å². The van der Waals surface area contributed by atoms with Gasteiger partial charge >= 0.3 is 0 Å². The predicted octanol–water partition coefficient (Wildman–Crippen LogP) is 2.30. The van der Waals surface area contributed by atoms with E-state index in [0.29, 0.717) is 12.6 Å². The molecule has 1 fully saturated rings. The Bertz CT molecular complexity index is 595. The molecule has 0 aliphatic heterocycles. The van der Waals surface area contributed by atoms with E-state index >= 15 is 0 Å². The number of hydrogen-bond donors (Lipinski definition) is 1. The molecule has 5 nitrogen and oxygen atoms in total. The van der Waals surface area contributed by atoms with Crippen LogP contribution in [0.1, 0.15) is 24.2 Å². The standard InChI is InChI=1S/C14H17ClN4O/c1-19-14(17-9-18-19)8-20-13-4-2-3-12(15)11(13)7-16-10-5-6-10/h2-4,9-10,16H,5-8H2,1H3. The molecule has 0 bridgehead atoms. The molecule has 1 heterocycles. The first kappa shape index (κ1) is 13.4. The fraction of sp³-hybridized carbons (Fsp3) is 0.429. The molecule has 20 heavy (non-hydrogen) atoms. The van der Waals surface area contributed by atoms with Crippen LogP contribution < -0.4 is 10.1 Å². The van der Waals surface area contributed by atoms with Gasteiger partial charge in [-0.15, -0.1) is 0 Å². The fourth-order valence-corrected chi connectivity index (χ4v) is 2.21. The van der Waals surface area contributed by atoms with Crippen LogP contribution in [0, 0.1) is 0 Å². The van der Waals surface area contributed by atoms with Gasteiger partial charge in [0, 0.05) is 30.2 Å². The summed E-state index contributed by atoms with van der Waals surface area (Å²) in [5.41, 5.74) is 1.00.